The van der Waals surface area contributed by atoms with Crippen LogP contribution in [-0.2, 0) is 9.59 Å². The average Bonchev–Trinajstić information content (AvgIpc) is 3.23. The third-order valence-corrected chi connectivity index (χ3v) is 4.29. The highest BCUT2D eigenvalue weighted by molar-refractivity contribution is 6.03. The van der Waals surface area contributed by atoms with Gasteiger partial charge in [0.25, 0.3) is 0 Å². The van der Waals surface area contributed by atoms with Crippen LogP contribution >= 0.6 is 0 Å². The molecular formula is C19H20N2O4. The highest BCUT2D eigenvalue weighted by atomic mass is 16.4. The molecule has 3 rings (SSSR count). The summed E-state index contributed by atoms with van der Waals surface area (Å²) in [5.74, 6) is -1.33. The van der Waals surface area contributed by atoms with Crippen LogP contribution < -0.4 is 0 Å². The fourth-order valence-electron chi connectivity index (χ4n) is 2.91. The fraction of sp³-hybridized carbons (Fsp3) is 0.316. The van der Waals surface area contributed by atoms with E-state index in [1.807, 2.05) is 31.2 Å². The predicted octanol–water partition coefficient (Wildman–Crippen LogP) is 3.38. The van der Waals surface area contributed by atoms with Crippen LogP contribution in [0.2, 0.25) is 0 Å². The van der Waals surface area contributed by atoms with Crippen molar-refractivity contribution >= 4 is 17.6 Å². The molecule has 1 aromatic heterocycles. The van der Waals surface area contributed by atoms with E-state index in [1.165, 1.54) is 5.01 Å². The Bertz CT molecular complexity index is 793. The van der Waals surface area contributed by atoms with Crippen molar-refractivity contribution in [3.05, 3.63) is 59.5 Å². The summed E-state index contributed by atoms with van der Waals surface area (Å²) in [4.78, 5) is 23.7. The quantitative estimate of drug-likeness (QED) is 0.904. The van der Waals surface area contributed by atoms with Crippen molar-refractivity contribution < 1.29 is 19.1 Å². The first-order chi connectivity index (χ1) is 12.0. The van der Waals surface area contributed by atoms with Gasteiger partial charge in [0, 0.05) is 12.3 Å². The number of benzene rings is 1. The number of hydrazone groups is 1. The van der Waals surface area contributed by atoms with Crippen molar-refractivity contribution in [2.45, 2.75) is 32.7 Å². The van der Waals surface area contributed by atoms with E-state index in [2.05, 4.69) is 5.10 Å². The van der Waals surface area contributed by atoms with Crippen LogP contribution in [0.25, 0.3) is 0 Å². The minimum Gasteiger partial charge on any atom is -0.481 e. The minimum absolute atomic E-state index is 0.227. The summed E-state index contributed by atoms with van der Waals surface area (Å²) in [6, 6.07) is 11.2. The second-order valence-electron chi connectivity index (χ2n) is 6.33. The molecule has 0 aliphatic carbocycles. The minimum atomic E-state index is -1.00. The summed E-state index contributed by atoms with van der Waals surface area (Å²) in [5, 5.41) is 14.8. The van der Waals surface area contributed by atoms with Gasteiger partial charge in [-0.05, 0) is 24.6 Å². The van der Waals surface area contributed by atoms with Crippen molar-refractivity contribution in [2.75, 3.05) is 0 Å². The van der Waals surface area contributed by atoms with Crippen molar-refractivity contribution in [1.29, 1.82) is 0 Å². The Balaban J connectivity index is 1.91. The van der Waals surface area contributed by atoms with E-state index in [4.69, 9.17) is 9.52 Å². The normalized spacial score (nSPS) is 18.1. The largest absolute Gasteiger partial charge is 0.481 e. The smallest absolute Gasteiger partial charge is 0.304 e. The van der Waals surface area contributed by atoms with Gasteiger partial charge in [0.1, 0.15) is 11.8 Å². The van der Waals surface area contributed by atoms with Crippen molar-refractivity contribution in [2.24, 2.45) is 11.0 Å². The SMILES string of the molecule is Cc1ccc(C2=NN(C(=O)[C@@H](C)CC(=O)O)[C@@H](c3ccco3)C2)cc1. The molecule has 0 saturated carbocycles. The molecule has 130 valence electrons. The molecule has 0 bridgehead atoms. The van der Waals surface area contributed by atoms with Gasteiger partial charge in [-0.25, -0.2) is 5.01 Å². The lowest BCUT2D eigenvalue weighted by Gasteiger charge is -2.22. The zero-order valence-corrected chi connectivity index (χ0v) is 14.2. The molecule has 0 unspecified atom stereocenters. The van der Waals surface area contributed by atoms with Gasteiger partial charge in [0.05, 0.1) is 18.4 Å². The number of rotatable bonds is 5. The molecule has 2 heterocycles. The molecule has 1 aliphatic heterocycles. The van der Waals surface area contributed by atoms with E-state index < -0.39 is 11.9 Å². The summed E-state index contributed by atoms with van der Waals surface area (Å²) in [6.45, 7) is 3.62. The van der Waals surface area contributed by atoms with Crippen LogP contribution in [-0.4, -0.2) is 27.7 Å². The summed E-state index contributed by atoms with van der Waals surface area (Å²) >= 11 is 0. The maximum atomic E-state index is 12.7. The Morgan fingerprint density at radius 3 is 2.64 bits per heavy atom. The van der Waals surface area contributed by atoms with E-state index in [9.17, 15) is 9.59 Å². The molecule has 1 aliphatic rings. The molecule has 0 spiro atoms. The number of carbonyl (C=O) groups is 2. The molecule has 1 N–H and O–H groups in total. The van der Waals surface area contributed by atoms with E-state index in [-0.39, 0.29) is 18.4 Å². The topological polar surface area (TPSA) is 83.1 Å². The lowest BCUT2D eigenvalue weighted by molar-refractivity contribution is -0.145. The lowest BCUT2D eigenvalue weighted by atomic mass is 10.0. The fourth-order valence-corrected chi connectivity index (χ4v) is 2.91. The van der Waals surface area contributed by atoms with Crippen LogP contribution in [0.4, 0.5) is 0 Å². The van der Waals surface area contributed by atoms with Crippen LogP contribution in [0, 0.1) is 12.8 Å². The molecule has 0 saturated heterocycles. The van der Waals surface area contributed by atoms with Crippen molar-refractivity contribution in [1.82, 2.24) is 5.01 Å². The van der Waals surface area contributed by atoms with E-state index >= 15 is 0 Å². The van der Waals surface area contributed by atoms with Gasteiger partial charge in [0.2, 0.25) is 5.91 Å². The number of carboxylic acids is 1. The molecule has 25 heavy (non-hydrogen) atoms. The summed E-state index contributed by atoms with van der Waals surface area (Å²) in [5.41, 5.74) is 2.88. The molecule has 0 radical (unpaired) electrons. The maximum absolute atomic E-state index is 12.7. The van der Waals surface area contributed by atoms with Gasteiger partial charge in [-0.1, -0.05) is 36.8 Å². The van der Waals surface area contributed by atoms with Crippen LogP contribution in [0.1, 0.15) is 42.7 Å². The number of hydrogen-bond acceptors (Lipinski definition) is 4. The first-order valence-electron chi connectivity index (χ1n) is 8.18. The number of carboxylic acid groups (broad SMARTS) is 1. The second-order valence-corrected chi connectivity index (χ2v) is 6.33. The molecule has 1 aromatic carbocycles. The maximum Gasteiger partial charge on any atom is 0.304 e. The zero-order chi connectivity index (χ0) is 18.0. The number of carbonyl (C=O) groups excluding carboxylic acids is 1. The number of furan rings is 1. The first-order valence-corrected chi connectivity index (χ1v) is 8.18. The number of aryl methyl sites for hydroxylation is 1. The van der Waals surface area contributed by atoms with Gasteiger partial charge in [-0.2, -0.15) is 5.10 Å². The molecule has 6 nitrogen and oxygen atoms in total. The molecular weight excluding hydrogens is 320 g/mol. The van der Waals surface area contributed by atoms with Crippen LogP contribution in [0.3, 0.4) is 0 Å². The van der Waals surface area contributed by atoms with E-state index in [0.717, 1.165) is 16.8 Å². The summed E-state index contributed by atoms with van der Waals surface area (Å²) < 4.78 is 5.48. The van der Waals surface area contributed by atoms with Crippen LogP contribution in [0.15, 0.2) is 52.2 Å². The predicted molar refractivity (Wildman–Crippen MR) is 92.0 cm³/mol. The van der Waals surface area contributed by atoms with Gasteiger partial charge >= 0.3 is 5.97 Å². The Kier molecular flexibility index (Phi) is 4.70. The summed E-state index contributed by atoms with van der Waals surface area (Å²) in [7, 11) is 0. The van der Waals surface area contributed by atoms with Crippen molar-refractivity contribution in [3.63, 3.8) is 0 Å². The van der Waals surface area contributed by atoms with Gasteiger partial charge in [-0.3, -0.25) is 9.59 Å². The lowest BCUT2D eigenvalue weighted by Crippen LogP contribution is -2.32. The summed E-state index contributed by atoms with van der Waals surface area (Å²) in [6.07, 6.45) is 1.86. The highest BCUT2D eigenvalue weighted by Gasteiger charge is 2.37. The molecule has 6 heteroatoms. The highest BCUT2D eigenvalue weighted by Crippen LogP contribution is 2.34. The first kappa shape index (κ1) is 17.0. The van der Waals surface area contributed by atoms with Crippen LogP contribution in [0.5, 0.6) is 0 Å². The molecule has 2 aromatic rings. The number of hydrogen-bond donors (Lipinski definition) is 1. The van der Waals surface area contributed by atoms with E-state index in [0.29, 0.717) is 12.2 Å². The Labute approximate surface area is 145 Å². The van der Waals surface area contributed by atoms with Gasteiger partial charge < -0.3 is 9.52 Å². The monoisotopic (exact) mass is 340 g/mol. The molecule has 2 atom stereocenters. The van der Waals surface area contributed by atoms with E-state index in [1.54, 1.807) is 25.3 Å². The standard InChI is InChI=1S/C19H20N2O4/c1-12-5-7-14(8-6-12)15-11-16(17-4-3-9-25-17)21(20-15)19(24)13(2)10-18(22)23/h3-9,13,16H,10-11H2,1-2H3,(H,22,23)/t13-,16+/m0/s1. The Hall–Kier alpha value is -2.89. The zero-order valence-electron chi connectivity index (χ0n) is 14.2. The second kappa shape index (κ2) is 6.93. The third kappa shape index (κ3) is 3.63. The number of aliphatic carboxylic acids is 1. The Morgan fingerprint density at radius 2 is 2.04 bits per heavy atom. The molecule has 1 amide bonds. The average molecular weight is 340 g/mol. The van der Waals surface area contributed by atoms with Crippen molar-refractivity contribution in [3.8, 4) is 0 Å². The molecule has 0 fully saturated rings. The van der Waals surface area contributed by atoms with Gasteiger partial charge in [0.15, 0.2) is 0 Å². The number of amides is 1. The third-order valence-electron chi connectivity index (χ3n) is 4.29. The van der Waals surface area contributed by atoms with Gasteiger partial charge in [-0.15, -0.1) is 0 Å². The Morgan fingerprint density at radius 1 is 1.32 bits per heavy atom. The number of nitrogens with zero attached hydrogens (tertiary/aromatic N) is 2.